The van der Waals surface area contributed by atoms with Gasteiger partial charge in [-0.1, -0.05) is 356 Å². The molecule has 97 heavy (non-hydrogen) atoms. The predicted molar refractivity (Wildman–Crippen MR) is 395 cm³/mol. The first-order valence-electron chi connectivity index (χ1n) is 40.5. The van der Waals surface area contributed by atoms with E-state index in [0.717, 1.165) is 102 Å². The van der Waals surface area contributed by atoms with E-state index in [1.165, 1.54) is 225 Å². The summed E-state index contributed by atoms with van der Waals surface area (Å²) in [6.07, 6.45) is 58.1. The molecule has 3 N–H and O–H groups in total. The van der Waals surface area contributed by atoms with Crippen molar-refractivity contribution < 1.29 is 80.2 Å². The normalized spacial score (nSPS) is 14.0. The van der Waals surface area contributed by atoms with Gasteiger partial charge < -0.3 is 33.8 Å². The van der Waals surface area contributed by atoms with E-state index in [2.05, 4.69) is 41.5 Å². The molecule has 0 saturated heterocycles. The molecule has 0 aliphatic heterocycles. The fourth-order valence-corrected chi connectivity index (χ4v) is 13.6. The SMILES string of the molecule is CCCCCCCCCCCCCCCCCCC(=O)OC[C@H](COP(=O)(O)OC[C@@H](O)COP(=O)(O)OC[C@@H](COC(=O)CCCCCCCCCCCCCC)OC(=O)CCCCCCCCCCCCC(C)C)OC(=O)CCCCCCCCCCCCCCCC(C)C. The van der Waals surface area contributed by atoms with Crippen LogP contribution in [0, 0.1) is 11.8 Å². The quantitative estimate of drug-likeness (QED) is 0.0222. The predicted octanol–water partition coefficient (Wildman–Crippen LogP) is 23.1. The van der Waals surface area contributed by atoms with Gasteiger partial charge in [-0.25, -0.2) is 9.13 Å². The summed E-state index contributed by atoms with van der Waals surface area (Å²) in [6.45, 7) is 9.63. The lowest BCUT2D eigenvalue weighted by Gasteiger charge is -2.21. The Balaban J connectivity index is 5.26. The standard InChI is InChI=1S/C78H152O17P2/c1-7-9-11-13-15-17-19-21-22-23-26-30-37-43-49-55-61-76(81)89-66-73(94-77(82)62-56-50-44-38-31-27-24-25-28-34-40-46-52-58-70(3)4)68-92-96(84,85)90-64-72(79)65-91-97(86,87)93-69-74(67-88-75(80)60-54-48-42-36-29-20-18-16-14-12-10-8-2)95-78(83)63-57-51-45-39-33-32-35-41-47-53-59-71(5)6/h70-74,79H,7-69H2,1-6H3,(H,84,85)(H,86,87)/t72-,73-,74-/m1/s1. The first kappa shape index (κ1) is 95.1. The number of carbonyl (C=O) groups excluding carboxylic acids is 4. The van der Waals surface area contributed by atoms with Gasteiger partial charge in [-0.15, -0.1) is 0 Å². The molecule has 0 aliphatic rings. The van der Waals surface area contributed by atoms with Gasteiger partial charge in [0.15, 0.2) is 12.2 Å². The van der Waals surface area contributed by atoms with Crippen LogP contribution in [-0.2, 0) is 65.4 Å². The summed E-state index contributed by atoms with van der Waals surface area (Å²) in [5.41, 5.74) is 0. The third-order valence-electron chi connectivity index (χ3n) is 18.2. The molecule has 576 valence electrons. The van der Waals surface area contributed by atoms with Gasteiger partial charge in [-0.2, -0.15) is 0 Å². The lowest BCUT2D eigenvalue weighted by Crippen LogP contribution is -2.30. The van der Waals surface area contributed by atoms with Gasteiger partial charge in [0.1, 0.15) is 19.3 Å². The second-order valence-electron chi connectivity index (χ2n) is 29.1. The maximum Gasteiger partial charge on any atom is 0.472 e. The van der Waals surface area contributed by atoms with E-state index in [-0.39, 0.29) is 25.7 Å². The van der Waals surface area contributed by atoms with Gasteiger partial charge in [0.05, 0.1) is 26.4 Å². The number of phosphoric acid groups is 2. The van der Waals surface area contributed by atoms with E-state index in [1.54, 1.807) is 0 Å². The number of rotatable bonds is 77. The van der Waals surface area contributed by atoms with Crippen molar-refractivity contribution in [1.82, 2.24) is 0 Å². The summed E-state index contributed by atoms with van der Waals surface area (Å²) in [5.74, 6) is -0.572. The number of unbranched alkanes of at least 4 members (excludes halogenated alkanes) is 47. The average Bonchev–Trinajstić information content (AvgIpc) is 1.00. The van der Waals surface area contributed by atoms with Crippen LogP contribution in [0.1, 0.15) is 408 Å². The zero-order valence-electron chi connectivity index (χ0n) is 63.4. The Hall–Kier alpha value is -1.94. The minimum absolute atomic E-state index is 0.106. The monoisotopic (exact) mass is 1420 g/mol. The van der Waals surface area contributed by atoms with E-state index >= 15 is 0 Å². The summed E-state index contributed by atoms with van der Waals surface area (Å²) in [7, 11) is -9.92. The third-order valence-corrected chi connectivity index (χ3v) is 20.1. The summed E-state index contributed by atoms with van der Waals surface area (Å²) in [6, 6.07) is 0. The van der Waals surface area contributed by atoms with Crippen molar-refractivity contribution in [2.75, 3.05) is 39.6 Å². The van der Waals surface area contributed by atoms with Crippen LogP contribution >= 0.6 is 15.6 Å². The second-order valence-corrected chi connectivity index (χ2v) is 32.0. The Morgan fingerprint density at radius 3 is 0.701 bits per heavy atom. The van der Waals surface area contributed by atoms with Gasteiger partial charge in [0.25, 0.3) is 0 Å². The lowest BCUT2D eigenvalue weighted by molar-refractivity contribution is -0.161. The Kier molecular flexibility index (Phi) is 68.4. The topological polar surface area (TPSA) is 237 Å². The number of phosphoric ester groups is 2. The molecule has 2 unspecified atom stereocenters. The van der Waals surface area contributed by atoms with Crippen molar-refractivity contribution in [3.05, 3.63) is 0 Å². The van der Waals surface area contributed by atoms with Crippen molar-refractivity contribution in [3.63, 3.8) is 0 Å². The molecule has 0 heterocycles. The van der Waals surface area contributed by atoms with Crippen LogP contribution < -0.4 is 0 Å². The van der Waals surface area contributed by atoms with Crippen LogP contribution in [0.2, 0.25) is 0 Å². The molecule has 0 spiro atoms. The molecule has 0 aromatic heterocycles. The van der Waals surface area contributed by atoms with Gasteiger partial charge in [0.2, 0.25) is 0 Å². The van der Waals surface area contributed by atoms with Crippen molar-refractivity contribution in [1.29, 1.82) is 0 Å². The van der Waals surface area contributed by atoms with Crippen molar-refractivity contribution in [2.45, 2.75) is 426 Å². The van der Waals surface area contributed by atoms with E-state index in [4.69, 9.17) is 37.0 Å². The molecule has 0 bridgehead atoms. The number of esters is 4. The highest BCUT2D eigenvalue weighted by Crippen LogP contribution is 2.45. The number of ether oxygens (including phenoxy) is 4. The molecular formula is C78H152O17P2. The number of aliphatic hydroxyl groups excluding tert-OH is 1. The minimum Gasteiger partial charge on any atom is -0.462 e. The molecule has 0 aliphatic carbocycles. The van der Waals surface area contributed by atoms with Gasteiger partial charge >= 0.3 is 39.5 Å². The Morgan fingerprint density at radius 1 is 0.278 bits per heavy atom. The van der Waals surface area contributed by atoms with Crippen molar-refractivity contribution in [3.8, 4) is 0 Å². The first-order valence-corrected chi connectivity index (χ1v) is 43.5. The molecule has 0 fully saturated rings. The van der Waals surface area contributed by atoms with Crippen LogP contribution in [0.25, 0.3) is 0 Å². The van der Waals surface area contributed by atoms with E-state index < -0.39 is 97.5 Å². The molecule has 5 atom stereocenters. The van der Waals surface area contributed by atoms with Gasteiger partial charge in [0, 0.05) is 25.7 Å². The molecule has 17 nitrogen and oxygen atoms in total. The zero-order chi connectivity index (χ0) is 71.4. The molecule has 0 rings (SSSR count). The number of aliphatic hydroxyl groups is 1. The van der Waals surface area contributed by atoms with Crippen LogP contribution in [-0.4, -0.2) is 96.7 Å². The largest absolute Gasteiger partial charge is 0.472 e. The minimum atomic E-state index is -4.96. The van der Waals surface area contributed by atoms with Crippen LogP contribution in [0.5, 0.6) is 0 Å². The van der Waals surface area contributed by atoms with Crippen LogP contribution in [0.4, 0.5) is 0 Å². The average molecular weight is 1420 g/mol. The fraction of sp³-hybridized carbons (Fsp3) is 0.949. The van der Waals surface area contributed by atoms with Crippen molar-refractivity contribution in [2.24, 2.45) is 11.8 Å². The lowest BCUT2D eigenvalue weighted by atomic mass is 10.0. The molecule has 0 aromatic rings. The maximum atomic E-state index is 13.1. The first-order chi connectivity index (χ1) is 46.9. The maximum absolute atomic E-state index is 13.1. The van der Waals surface area contributed by atoms with Crippen LogP contribution in [0.15, 0.2) is 0 Å². The number of hydrogen-bond acceptors (Lipinski definition) is 15. The highest BCUT2D eigenvalue weighted by atomic mass is 31.2. The Labute approximate surface area is 594 Å². The molecule has 0 saturated carbocycles. The molecule has 0 radical (unpaired) electrons. The van der Waals surface area contributed by atoms with Gasteiger partial charge in [-0.05, 0) is 37.5 Å². The summed E-state index contributed by atoms with van der Waals surface area (Å²) < 4.78 is 68.6. The number of hydrogen-bond donors (Lipinski definition) is 3. The molecular weight excluding hydrogens is 1270 g/mol. The highest BCUT2D eigenvalue weighted by molar-refractivity contribution is 7.47. The Morgan fingerprint density at radius 2 is 0.474 bits per heavy atom. The van der Waals surface area contributed by atoms with E-state index in [0.29, 0.717) is 25.7 Å². The summed E-state index contributed by atoms with van der Waals surface area (Å²) in [4.78, 5) is 72.9. The molecule has 19 heteroatoms. The zero-order valence-corrected chi connectivity index (χ0v) is 65.2. The van der Waals surface area contributed by atoms with Crippen LogP contribution in [0.3, 0.4) is 0 Å². The van der Waals surface area contributed by atoms with E-state index in [9.17, 15) is 43.2 Å². The third kappa shape index (κ3) is 72.2. The van der Waals surface area contributed by atoms with Gasteiger partial charge in [-0.3, -0.25) is 37.3 Å². The Bertz CT molecular complexity index is 1870. The summed E-state index contributed by atoms with van der Waals surface area (Å²) >= 11 is 0. The highest BCUT2D eigenvalue weighted by Gasteiger charge is 2.30. The van der Waals surface area contributed by atoms with Crippen molar-refractivity contribution >= 4 is 39.5 Å². The molecule has 0 aromatic carbocycles. The smallest absolute Gasteiger partial charge is 0.462 e. The summed E-state index contributed by atoms with van der Waals surface area (Å²) in [5, 5.41) is 10.6. The fourth-order valence-electron chi connectivity index (χ4n) is 12.0. The number of carbonyl (C=O) groups is 4. The second kappa shape index (κ2) is 69.8. The molecule has 0 amide bonds. The van der Waals surface area contributed by atoms with E-state index in [1.807, 2.05) is 0 Å².